The molecule has 3 N–H and O–H groups in total. The van der Waals surface area contributed by atoms with Crippen molar-refractivity contribution >= 4 is 17.6 Å². The minimum Gasteiger partial charge on any atom is -0.493 e. The molecule has 0 aromatic heterocycles. The van der Waals surface area contributed by atoms with Crippen LogP contribution in [0.25, 0.3) is 0 Å². The van der Waals surface area contributed by atoms with Crippen molar-refractivity contribution in [3.8, 4) is 17.2 Å². The Hall–Kier alpha value is -3.68. The number of anilines is 1. The van der Waals surface area contributed by atoms with Gasteiger partial charge in [0.05, 0.1) is 32.9 Å². The van der Waals surface area contributed by atoms with Gasteiger partial charge in [0.25, 0.3) is 5.91 Å². The number of rotatable bonds is 6. The van der Waals surface area contributed by atoms with Crippen LogP contribution in [0.2, 0.25) is 0 Å². The molecule has 2 aromatic carbocycles. The lowest BCUT2D eigenvalue weighted by Gasteiger charge is -2.29. The number of benzene rings is 2. The van der Waals surface area contributed by atoms with E-state index in [4.69, 9.17) is 14.2 Å². The number of amides is 3. The minimum absolute atomic E-state index is 0.323. The van der Waals surface area contributed by atoms with Crippen molar-refractivity contribution in [1.29, 1.82) is 0 Å². The molecular weight excluding hydrogens is 398 g/mol. The first-order valence-corrected chi connectivity index (χ1v) is 9.75. The molecule has 3 amide bonds. The Bertz CT molecular complexity index is 1040. The maximum Gasteiger partial charge on any atom is 0.319 e. The zero-order valence-corrected chi connectivity index (χ0v) is 18.5. The number of hydrogen-bond acceptors (Lipinski definition) is 5. The van der Waals surface area contributed by atoms with E-state index in [9.17, 15) is 9.59 Å². The Labute approximate surface area is 181 Å². The van der Waals surface area contributed by atoms with E-state index in [1.807, 2.05) is 32.0 Å². The van der Waals surface area contributed by atoms with E-state index in [0.717, 1.165) is 11.1 Å². The first-order chi connectivity index (χ1) is 14.8. The van der Waals surface area contributed by atoms with E-state index in [0.29, 0.717) is 39.8 Å². The topological polar surface area (TPSA) is 97.9 Å². The third-order valence-electron chi connectivity index (χ3n) is 5.16. The molecule has 2 aromatic rings. The number of allylic oxidation sites excluding steroid dienone is 1. The molecule has 1 heterocycles. The molecule has 8 nitrogen and oxygen atoms in total. The largest absolute Gasteiger partial charge is 0.493 e. The summed E-state index contributed by atoms with van der Waals surface area (Å²) in [4.78, 5) is 25.5. The second-order valence-corrected chi connectivity index (χ2v) is 7.30. The molecular formula is C23H27N3O5. The lowest BCUT2D eigenvalue weighted by Crippen LogP contribution is -2.46. The number of aryl methyl sites for hydroxylation is 2. The van der Waals surface area contributed by atoms with Crippen molar-refractivity contribution in [3.63, 3.8) is 0 Å². The van der Waals surface area contributed by atoms with E-state index in [2.05, 4.69) is 16.0 Å². The third-order valence-corrected chi connectivity index (χ3v) is 5.16. The van der Waals surface area contributed by atoms with Crippen molar-refractivity contribution in [2.75, 3.05) is 26.6 Å². The summed E-state index contributed by atoms with van der Waals surface area (Å²) in [6, 6.07) is 8.11. The van der Waals surface area contributed by atoms with Crippen molar-refractivity contribution in [3.05, 3.63) is 58.3 Å². The van der Waals surface area contributed by atoms with Crippen molar-refractivity contribution in [2.45, 2.75) is 26.8 Å². The van der Waals surface area contributed by atoms with Gasteiger partial charge in [-0.15, -0.1) is 0 Å². The number of urea groups is 1. The van der Waals surface area contributed by atoms with Crippen LogP contribution in [-0.4, -0.2) is 33.3 Å². The van der Waals surface area contributed by atoms with E-state index in [1.165, 1.54) is 21.3 Å². The predicted molar refractivity (Wildman–Crippen MR) is 118 cm³/mol. The molecule has 0 radical (unpaired) electrons. The molecule has 164 valence electrons. The first kappa shape index (κ1) is 22.0. The highest BCUT2D eigenvalue weighted by atomic mass is 16.5. The summed E-state index contributed by atoms with van der Waals surface area (Å²) in [7, 11) is 4.53. The molecule has 3 rings (SSSR count). The van der Waals surface area contributed by atoms with Gasteiger partial charge in [0, 0.05) is 11.4 Å². The quantitative estimate of drug-likeness (QED) is 0.657. The number of carbonyl (C=O) groups excluding carboxylic acids is 2. The van der Waals surface area contributed by atoms with Gasteiger partial charge in [-0.1, -0.05) is 17.7 Å². The molecule has 0 saturated heterocycles. The Kier molecular flexibility index (Phi) is 6.39. The molecule has 1 aliphatic rings. The summed E-state index contributed by atoms with van der Waals surface area (Å²) in [5.74, 6) is 0.958. The number of hydrogen-bond donors (Lipinski definition) is 3. The number of carbonyl (C=O) groups is 2. The molecule has 1 unspecified atom stereocenters. The fourth-order valence-electron chi connectivity index (χ4n) is 3.66. The number of ether oxygens (including phenoxy) is 3. The molecule has 0 aliphatic carbocycles. The molecule has 1 aliphatic heterocycles. The van der Waals surface area contributed by atoms with Crippen molar-refractivity contribution < 1.29 is 23.8 Å². The summed E-state index contributed by atoms with van der Waals surface area (Å²) in [6.45, 7) is 5.62. The first-order valence-electron chi connectivity index (χ1n) is 9.75. The van der Waals surface area contributed by atoms with Gasteiger partial charge >= 0.3 is 6.03 Å². The number of methoxy groups -OCH3 is 3. The minimum atomic E-state index is -0.715. The van der Waals surface area contributed by atoms with Gasteiger partial charge in [-0.25, -0.2) is 4.79 Å². The summed E-state index contributed by atoms with van der Waals surface area (Å²) in [5, 5.41) is 8.46. The zero-order chi connectivity index (χ0) is 22.7. The maximum atomic E-state index is 13.3. The van der Waals surface area contributed by atoms with Crippen LogP contribution < -0.4 is 30.2 Å². The highest BCUT2D eigenvalue weighted by Crippen LogP contribution is 2.41. The van der Waals surface area contributed by atoms with Gasteiger partial charge in [-0.3, -0.25) is 4.79 Å². The molecule has 8 heteroatoms. The fourth-order valence-corrected chi connectivity index (χ4v) is 3.66. The summed E-state index contributed by atoms with van der Waals surface area (Å²) < 4.78 is 16.2. The van der Waals surface area contributed by atoms with E-state index < -0.39 is 12.1 Å². The average Bonchev–Trinajstić information content (AvgIpc) is 2.73. The zero-order valence-electron chi connectivity index (χ0n) is 18.5. The lowest BCUT2D eigenvalue weighted by atomic mass is 9.94. The Morgan fingerprint density at radius 3 is 2.16 bits per heavy atom. The Morgan fingerprint density at radius 2 is 1.61 bits per heavy atom. The fraction of sp³-hybridized carbons (Fsp3) is 0.304. The van der Waals surface area contributed by atoms with Crippen LogP contribution >= 0.6 is 0 Å². The maximum absolute atomic E-state index is 13.3. The standard InChI is InChI=1S/C23H27N3O5/c1-12-7-8-16(13(2)9-12)25-22(27)19-14(3)24-23(28)26-20(19)15-10-17(29-4)21(31-6)18(11-15)30-5/h7-11,20H,1-6H3,(H,25,27)(H2,24,26,28). The molecule has 0 spiro atoms. The second kappa shape index (κ2) is 8.99. The van der Waals surface area contributed by atoms with Gasteiger partial charge in [0.2, 0.25) is 5.75 Å². The predicted octanol–water partition coefficient (Wildman–Crippen LogP) is 3.60. The molecule has 0 bridgehead atoms. The highest BCUT2D eigenvalue weighted by molar-refractivity contribution is 6.07. The van der Waals surface area contributed by atoms with Crippen LogP contribution in [-0.2, 0) is 4.79 Å². The smallest absolute Gasteiger partial charge is 0.319 e. The van der Waals surface area contributed by atoms with Crippen molar-refractivity contribution in [1.82, 2.24) is 10.6 Å². The van der Waals surface area contributed by atoms with Crippen LogP contribution in [0.4, 0.5) is 10.5 Å². The molecule has 1 atom stereocenters. The van der Waals surface area contributed by atoms with E-state index in [-0.39, 0.29) is 5.91 Å². The molecule has 0 fully saturated rings. The Morgan fingerprint density at radius 1 is 0.968 bits per heavy atom. The van der Waals surface area contributed by atoms with Gasteiger partial charge in [-0.05, 0) is 50.1 Å². The van der Waals surface area contributed by atoms with Gasteiger partial charge in [-0.2, -0.15) is 0 Å². The SMILES string of the molecule is COc1cc(C2NC(=O)NC(C)=C2C(=O)Nc2ccc(C)cc2C)cc(OC)c1OC. The van der Waals surface area contributed by atoms with E-state index in [1.54, 1.807) is 19.1 Å². The highest BCUT2D eigenvalue weighted by Gasteiger charge is 2.33. The van der Waals surface area contributed by atoms with Crippen LogP contribution in [0, 0.1) is 13.8 Å². The van der Waals surface area contributed by atoms with Crippen LogP contribution in [0.15, 0.2) is 41.6 Å². The van der Waals surface area contributed by atoms with Gasteiger partial charge < -0.3 is 30.2 Å². The third kappa shape index (κ3) is 4.42. The lowest BCUT2D eigenvalue weighted by molar-refractivity contribution is -0.113. The summed E-state index contributed by atoms with van der Waals surface area (Å²) in [5.41, 5.74) is 4.22. The number of nitrogens with one attached hydrogen (secondary N) is 3. The van der Waals surface area contributed by atoms with Crippen LogP contribution in [0.3, 0.4) is 0 Å². The van der Waals surface area contributed by atoms with Gasteiger partial charge in [0.1, 0.15) is 0 Å². The second-order valence-electron chi connectivity index (χ2n) is 7.30. The molecule has 31 heavy (non-hydrogen) atoms. The average molecular weight is 425 g/mol. The van der Waals surface area contributed by atoms with E-state index >= 15 is 0 Å². The summed E-state index contributed by atoms with van der Waals surface area (Å²) >= 11 is 0. The van der Waals surface area contributed by atoms with Gasteiger partial charge in [0.15, 0.2) is 11.5 Å². The monoisotopic (exact) mass is 425 g/mol. The molecule has 0 saturated carbocycles. The Balaban J connectivity index is 2.05. The van der Waals surface area contributed by atoms with Crippen molar-refractivity contribution in [2.24, 2.45) is 0 Å². The van der Waals surface area contributed by atoms with Crippen LogP contribution in [0.5, 0.6) is 17.2 Å². The van der Waals surface area contributed by atoms with Crippen LogP contribution in [0.1, 0.15) is 29.7 Å². The summed E-state index contributed by atoms with van der Waals surface area (Å²) in [6.07, 6.45) is 0. The normalized spacial score (nSPS) is 15.7.